The van der Waals surface area contributed by atoms with Gasteiger partial charge in [-0.25, -0.2) is 9.18 Å². The second kappa shape index (κ2) is 8.39. The van der Waals surface area contributed by atoms with Crippen LogP contribution in [-0.4, -0.2) is 19.2 Å². The van der Waals surface area contributed by atoms with Crippen LogP contribution in [0.2, 0.25) is 5.02 Å². The molecule has 0 atom stereocenters. The van der Waals surface area contributed by atoms with E-state index in [9.17, 15) is 9.18 Å². The van der Waals surface area contributed by atoms with E-state index < -0.39 is 5.82 Å². The maximum atomic E-state index is 13.2. The van der Waals surface area contributed by atoms with Crippen LogP contribution in [0.15, 0.2) is 42.5 Å². The smallest absolute Gasteiger partial charge is 0.319 e. The lowest BCUT2D eigenvalue weighted by molar-refractivity contribution is 0.252. The van der Waals surface area contributed by atoms with Crippen LogP contribution < -0.4 is 15.4 Å². The molecule has 0 radical (unpaired) electrons. The Labute approximate surface area is 139 Å². The molecular formula is C17H18ClFN2O2. The molecule has 2 amide bonds. The summed E-state index contributed by atoms with van der Waals surface area (Å²) in [5, 5.41) is 6.06. The van der Waals surface area contributed by atoms with Gasteiger partial charge in [-0.05, 0) is 43.2 Å². The highest BCUT2D eigenvalue weighted by Gasteiger charge is 2.08. The third-order valence-corrected chi connectivity index (χ3v) is 3.32. The molecule has 0 saturated heterocycles. The number of hydrogen-bond donors (Lipinski definition) is 2. The Morgan fingerprint density at radius 1 is 1.26 bits per heavy atom. The molecule has 0 heterocycles. The highest BCUT2D eigenvalue weighted by Crippen LogP contribution is 2.25. The average Bonchev–Trinajstić information content (AvgIpc) is 2.50. The molecule has 0 aliphatic heterocycles. The second-order valence-corrected chi connectivity index (χ2v) is 5.27. The zero-order valence-electron chi connectivity index (χ0n) is 12.7. The van der Waals surface area contributed by atoms with Crippen molar-refractivity contribution in [2.24, 2.45) is 0 Å². The number of ether oxygens (including phenoxy) is 1. The Balaban J connectivity index is 1.87. The first kappa shape index (κ1) is 17.1. The molecule has 6 heteroatoms. The largest absolute Gasteiger partial charge is 0.492 e. The van der Waals surface area contributed by atoms with Gasteiger partial charge in [0.15, 0.2) is 0 Å². The van der Waals surface area contributed by atoms with E-state index in [-0.39, 0.29) is 6.03 Å². The summed E-state index contributed by atoms with van der Waals surface area (Å²) in [5.41, 5.74) is 1.46. The van der Waals surface area contributed by atoms with Crippen LogP contribution in [-0.2, 0) is 6.42 Å². The SMILES string of the molecule is CCOc1cc(F)ccc1NC(=O)NCCc1cccc(Cl)c1. The first-order valence-corrected chi connectivity index (χ1v) is 7.68. The number of carbonyl (C=O) groups is 1. The van der Waals surface area contributed by atoms with E-state index >= 15 is 0 Å². The van der Waals surface area contributed by atoms with Crippen molar-refractivity contribution in [3.05, 3.63) is 58.9 Å². The van der Waals surface area contributed by atoms with Crippen LogP contribution in [0.4, 0.5) is 14.9 Å². The zero-order valence-corrected chi connectivity index (χ0v) is 13.5. The summed E-state index contributed by atoms with van der Waals surface area (Å²) in [6.45, 7) is 2.63. The van der Waals surface area contributed by atoms with Gasteiger partial charge in [0, 0.05) is 17.6 Å². The predicted octanol–water partition coefficient (Wildman–Crippen LogP) is 4.24. The molecule has 0 bridgehead atoms. The van der Waals surface area contributed by atoms with Gasteiger partial charge >= 0.3 is 6.03 Å². The lowest BCUT2D eigenvalue weighted by Gasteiger charge is -2.12. The summed E-state index contributed by atoms with van der Waals surface area (Å²) in [7, 11) is 0. The van der Waals surface area contributed by atoms with Crippen LogP contribution in [0.3, 0.4) is 0 Å². The maximum Gasteiger partial charge on any atom is 0.319 e. The van der Waals surface area contributed by atoms with E-state index in [1.165, 1.54) is 18.2 Å². The molecule has 0 saturated carbocycles. The molecule has 23 heavy (non-hydrogen) atoms. The van der Waals surface area contributed by atoms with E-state index in [2.05, 4.69) is 10.6 Å². The Kier molecular flexibility index (Phi) is 6.23. The number of rotatable bonds is 6. The van der Waals surface area contributed by atoms with Gasteiger partial charge in [-0.15, -0.1) is 0 Å². The number of carbonyl (C=O) groups excluding carboxylic acids is 1. The molecular weight excluding hydrogens is 319 g/mol. The highest BCUT2D eigenvalue weighted by atomic mass is 35.5. The van der Waals surface area contributed by atoms with Crippen molar-refractivity contribution in [2.75, 3.05) is 18.5 Å². The molecule has 0 aliphatic rings. The number of halogens is 2. The molecule has 4 nitrogen and oxygen atoms in total. The van der Waals surface area contributed by atoms with Gasteiger partial charge in [-0.1, -0.05) is 23.7 Å². The monoisotopic (exact) mass is 336 g/mol. The lowest BCUT2D eigenvalue weighted by atomic mass is 10.1. The number of nitrogens with one attached hydrogen (secondary N) is 2. The van der Waals surface area contributed by atoms with Crippen LogP contribution in [0.25, 0.3) is 0 Å². The lowest BCUT2D eigenvalue weighted by Crippen LogP contribution is -2.30. The summed E-state index contributed by atoms with van der Waals surface area (Å²) >= 11 is 5.91. The fourth-order valence-electron chi connectivity index (χ4n) is 2.05. The number of urea groups is 1. The third kappa shape index (κ3) is 5.45. The van der Waals surface area contributed by atoms with Gasteiger partial charge in [-0.3, -0.25) is 0 Å². The van der Waals surface area contributed by atoms with Crippen LogP contribution in [0, 0.1) is 5.82 Å². The molecule has 2 aromatic rings. The quantitative estimate of drug-likeness (QED) is 0.828. The summed E-state index contributed by atoms with van der Waals surface area (Å²) in [6.07, 6.45) is 0.662. The molecule has 0 unspecified atom stereocenters. The van der Waals surface area contributed by atoms with Gasteiger partial charge in [-0.2, -0.15) is 0 Å². The van der Waals surface area contributed by atoms with Crippen molar-refractivity contribution in [3.8, 4) is 5.75 Å². The van der Waals surface area contributed by atoms with Crippen molar-refractivity contribution in [1.82, 2.24) is 5.32 Å². The fraction of sp³-hybridized carbons (Fsp3) is 0.235. The van der Waals surface area contributed by atoms with Crippen LogP contribution in [0.1, 0.15) is 12.5 Å². The van der Waals surface area contributed by atoms with Crippen molar-refractivity contribution in [2.45, 2.75) is 13.3 Å². The highest BCUT2D eigenvalue weighted by molar-refractivity contribution is 6.30. The summed E-state index contributed by atoms with van der Waals surface area (Å²) in [4.78, 5) is 11.9. The molecule has 0 fully saturated rings. The molecule has 0 aromatic heterocycles. The Bertz CT molecular complexity index is 679. The molecule has 2 rings (SSSR count). The minimum absolute atomic E-state index is 0.303. The molecule has 0 spiro atoms. The van der Waals surface area contributed by atoms with Gasteiger partial charge in [0.25, 0.3) is 0 Å². The van der Waals surface area contributed by atoms with E-state index in [0.717, 1.165) is 5.56 Å². The summed E-state index contributed by atoms with van der Waals surface area (Å²) in [6, 6.07) is 11.1. The number of benzene rings is 2. The van der Waals surface area contributed by atoms with Crippen molar-refractivity contribution in [3.63, 3.8) is 0 Å². The van der Waals surface area contributed by atoms with Gasteiger partial charge in [0.05, 0.1) is 12.3 Å². The Hall–Kier alpha value is -2.27. The molecule has 2 N–H and O–H groups in total. The van der Waals surface area contributed by atoms with Gasteiger partial charge in [0.1, 0.15) is 11.6 Å². The van der Waals surface area contributed by atoms with E-state index in [4.69, 9.17) is 16.3 Å². The van der Waals surface area contributed by atoms with Gasteiger partial charge < -0.3 is 15.4 Å². The Morgan fingerprint density at radius 2 is 2.09 bits per heavy atom. The first-order chi connectivity index (χ1) is 11.1. The van der Waals surface area contributed by atoms with Gasteiger partial charge in [0.2, 0.25) is 0 Å². The zero-order chi connectivity index (χ0) is 16.7. The predicted molar refractivity (Wildman–Crippen MR) is 89.7 cm³/mol. The third-order valence-electron chi connectivity index (χ3n) is 3.08. The van der Waals surface area contributed by atoms with Crippen molar-refractivity contribution < 1.29 is 13.9 Å². The first-order valence-electron chi connectivity index (χ1n) is 7.30. The van der Waals surface area contributed by atoms with Crippen LogP contribution in [0.5, 0.6) is 5.75 Å². The molecule has 2 aromatic carbocycles. The fourth-order valence-corrected chi connectivity index (χ4v) is 2.27. The standard InChI is InChI=1S/C17H18ClFN2O2/c1-2-23-16-11-14(19)6-7-15(16)21-17(22)20-9-8-12-4-3-5-13(18)10-12/h3-7,10-11H,2,8-9H2,1H3,(H2,20,21,22). The summed E-state index contributed by atoms with van der Waals surface area (Å²) < 4.78 is 18.5. The van der Waals surface area contributed by atoms with E-state index in [1.54, 1.807) is 13.0 Å². The molecule has 122 valence electrons. The number of hydrogen-bond acceptors (Lipinski definition) is 2. The minimum Gasteiger partial charge on any atom is -0.492 e. The number of anilines is 1. The minimum atomic E-state index is -0.416. The van der Waals surface area contributed by atoms with Crippen molar-refractivity contribution in [1.29, 1.82) is 0 Å². The Morgan fingerprint density at radius 3 is 2.83 bits per heavy atom. The van der Waals surface area contributed by atoms with Crippen molar-refractivity contribution >= 4 is 23.3 Å². The molecule has 0 aliphatic carbocycles. The van der Waals surface area contributed by atoms with E-state index in [1.807, 2.05) is 18.2 Å². The van der Waals surface area contributed by atoms with E-state index in [0.29, 0.717) is 36.0 Å². The topological polar surface area (TPSA) is 50.4 Å². The summed E-state index contributed by atoms with van der Waals surface area (Å²) in [5.74, 6) is -0.113. The average molecular weight is 337 g/mol. The normalized spacial score (nSPS) is 10.2. The maximum absolute atomic E-state index is 13.2. The number of amides is 2. The van der Waals surface area contributed by atoms with Crippen LogP contribution >= 0.6 is 11.6 Å². The second-order valence-electron chi connectivity index (χ2n) is 4.83.